The second kappa shape index (κ2) is 3.36. The van der Waals surface area contributed by atoms with Gasteiger partial charge in [-0.3, -0.25) is 0 Å². The summed E-state index contributed by atoms with van der Waals surface area (Å²) < 4.78 is 0. The fraction of sp³-hybridized carbons (Fsp3) is 0.467. The summed E-state index contributed by atoms with van der Waals surface area (Å²) in [4.78, 5) is 3.32. The summed E-state index contributed by atoms with van der Waals surface area (Å²) in [6.07, 6.45) is 5.44. The Morgan fingerprint density at radius 3 is 2.71 bits per heavy atom. The SMILES string of the molecule is CC1(C)CC1(N)CCc1c[nH]c2ccccc12. The average Bonchev–Trinajstić information content (AvgIpc) is 2.66. The first-order chi connectivity index (χ1) is 8.02. The lowest BCUT2D eigenvalue weighted by molar-refractivity contribution is 0.465. The molecule has 2 nitrogen and oxygen atoms in total. The quantitative estimate of drug-likeness (QED) is 0.832. The minimum Gasteiger partial charge on any atom is -0.361 e. The summed E-state index contributed by atoms with van der Waals surface area (Å²) in [5, 5.41) is 1.34. The summed E-state index contributed by atoms with van der Waals surface area (Å²) in [5.74, 6) is 0. The summed E-state index contributed by atoms with van der Waals surface area (Å²) >= 11 is 0. The fourth-order valence-electron chi connectivity index (χ4n) is 2.87. The number of aromatic amines is 1. The number of rotatable bonds is 3. The molecule has 1 atom stereocenters. The highest BCUT2D eigenvalue weighted by Crippen LogP contribution is 2.56. The van der Waals surface area contributed by atoms with Gasteiger partial charge >= 0.3 is 0 Å². The molecule has 2 aromatic rings. The van der Waals surface area contributed by atoms with Crippen LogP contribution in [0.4, 0.5) is 0 Å². The van der Waals surface area contributed by atoms with Crippen LogP contribution in [0, 0.1) is 5.41 Å². The molecule has 2 heteroatoms. The predicted octanol–water partition coefficient (Wildman–Crippen LogP) is 3.23. The van der Waals surface area contributed by atoms with E-state index in [1.54, 1.807) is 0 Å². The average molecular weight is 228 g/mol. The monoisotopic (exact) mass is 228 g/mol. The largest absolute Gasteiger partial charge is 0.361 e. The van der Waals surface area contributed by atoms with Crippen LogP contribution < -0.4 is 5.73 Å². The lowest BCUT2D eigenvalue weighted by atomic mass is 9.97. The second-order valence-electron chi connectivity index (χ2n) is 6.08. The standard InChI is InChI=1S/C15H20N2/c1-14(2)10-15(14,16)8-7-11-9-17-13-6-4-3-5-12(11)13/h3-6,9,17H,7-8,10,16H2,1-2H3. The van der Waals surface area contributed by atoms with Crippen LogP contribution in [0.2, 0.25) is 0 Å². The van der Waals surface area contributed by atoms with Gasteiger partial charge in [0, 0.05) is 22.6 Å². The molecule has 0 amide bonds. The first-order valence-electron chi connectivity index (χ1n) is 6.36. The molecule has 1 fully saturated rings. The van der Waals surface area contributed by atoms with Gasteiger partial charge in [-0.05, 0) is 36.3 Å². The number of H-pyrrole nitrogens is 1. The van der Waals surface area contributed by atoms with Gasteiger partial charge < -0.3 is 10.7 Å². The van der Waals surface area contributed by atoms with Gasteiger partial charge in [-0.25, -0.2) is 0 Å². The summed E-state index contributed by atoms with van der Waals surface area (Å²) in [6.45, 7) is 4.53. The molecule has 17 heavy (non-hydrogen) atoms. The summed E-state index contributed by atoms with van der Waals surface area (Å²) in [6, 6.07) is 8.47. The zero-order chi connectivity index (χ0) is 12.1. The van der Waals surface area contributed by atoms with E-state index in [9.17, 15) is 0 Å². The molecular formula is C15H20N2. The topological polar surface area (TPSA) is 41.8 Å². The highest BCUT2D eigenvalue weighted by atomic mass is 14.9. The molecule has 1 aromatic heterocycles. The summed E-state index contributed by atoms with van der Waals surface area (Å²) in [5.41, 5.74) is 9.39. The minimum atomic E-state index is 0.0609. The number of aryl methyl sites for hydroxylation is 1. The number of nitrogens with one attached hydrogen (secondary N) is 1. The number of hydrogen-bond donors (Lipinski definition) is 2. The van der Waals surface area contributed by atoms with Gasteiger partial charge in [0.25, 0.3) is 0 Å². The van der Waals surface area contributed by atoms with Crippen molar-refractivity contribution in [2.75, 3.05) is 0 Å². The van der Waals surface area contributed by atoms with E-state index in [1.807, 2.05) is 0 Å². The Morgan fingerprint density at radius 2 is 2.00 bits per heavy atom. The molecule has 0 aliphatic heterocycles. The summed E-state index contributed by atoms with van der Waals surface area (Å²) in [7, 11) is 0. The molecule has 3 N–H and O–H groups in total. The van der Waals surface area contributed by atoms with Crippen LogP contribution in [0.5, 0.6) is 0 Å². The van der Waals surface area contributed by atoms with Crippen molar-refractivity contribution < 1.29 is 0 Å². The maximum atomic E-state index is 6.37. The molecule has 0 bridgehead atoms. The van der Waals surface area contributed by atoms with E-state index >= 15 is 0 Å². The fourth-order valence-corrected chi connectivity index (χ4v) is 2.87. The lowest BCUT2D eigenvalue weighted by Gasteiger charge is -2.14. The van der Waals surface area contributed by atoms with E-state index in [-0.39, 0.29) is 5.54 Å². The van der Waals surface area contributed by atoms with E-state index in [0.29, 0.717) is 5.41 Å². The zero-order valence-electron chi connectivity index (χ0n) is 10.6. The second-order valence-corrected chi connectivity index (χ2v) is 6.08. The highest BCUT2D eigenvalue weighted by molar-refractivity contribution is 5.83. The highest BCUT2D eigenvalue weighted by Gasteiger charge is 2.57. The van der Waals surface area contributed by atoms with Crippen LogP contribution in [0.15, 0.2) is 30.5 Å². The number of para-hydroxylation sites is 1. The van der Waals surface area contributed by atoms with Gasteiger partial charge in [0.1, 0.15) is 0 Å². The molecule has 1 heterocycles. The third-order valence-electron chi connectivity index (χ3n) is 4.50. The first kappa shape index (κ1) is 10.8. The Labute approximate surface area is 102 Å². The van der Waals surface area contributed by atoms with Crippen molar-refractivity contribution in [1.82, 2.24) is 4.98 Å². The van der Waals surface area contributed by atoms with Crippen molar-refractivity contribution in [3.63, 3.8) is 0 Å². The molecule has 90 valence electrons. The van der Waals surface area contributed by atoms with Crippen molar-refractivity contribution in [3.8, 4) is 0 Å². The molecule has 0 saturated heterocycles. The Bertz CT molecular complexity index is 553. The van der Waals surface area contributed by atoms with E-state index in [4.69, 9.17) is 5.73 Å². The van der Waals surface area contributed by atoms with Crippen LogP contribution in [-0.4, -0.2) is 10.5 Å². The van der Waals surface area contributed by atoms with Gasteiger partial charge in [0.2, 0.25) is 0 Å². The third-order valence-corrected chi connectivity index (χ3v) is 4.50. The third kappa shape index (κ3) is 1.67. The van der Waals surface area contributed by atoms with Gasteiger partial charge in [0.05, 0.1) is 0 Å². The van der Waals surface area contributed by atoms with Crippen LogP contribution in [-0.2, 0) is 6.42 Å². The zero-order valence-corrected chi connectivity index (χ0v) is 10.6. The van der Waals surface area contributed by atoms with E-state index in [0.717, 1.165) is 19.3 Å². The molecular weight excluding hydrogens is 208 g/mol. The molecule has 3 rings (SSSR count). The van der Waals surface area contributed by atoms with E-state index in [1.165, 1.54) is 16.5 Å². The Morgan fingerprint density at radius 1 is 1.29 bits per heavy atom. The van der Waals surface area contributed by atoms with Crippen LogP contribution in [0.3, 0.4) is 0 Å². The van der Waals surface area contributed by atoms with Crippen molar-refractivity contribution >= 4 is 10.9 Å². The number of aromatic nitrogens is 1. The molecule has 1 aliphatic rings. The molecule has 1 aliphatic carbocycles. The molecule has 0 spiro atoms. The van der Waals surface area contributed by atoms with Crippen molar-refractivity contribution in [2.45, 2.75) is 38.6 Å². The number of nitrogens with two attached hydrogens (primary N) is 1. The Hall–Kier alpha value is -1.28. The Kier molecular flexibility index (Phi) is 2.14. The number of hydrogen-bond acceptors (Lipinski definition) is 1. The van der Waals surface area contributed by atoms with Crippen molar-refractivity contribution in [2.24, 2.45) is 11.1 Å². The van der Waals surface area contributed by atoms with Crippen LogP contribution in [0.25, 0.3) is 10.9 Å². The van der Waals surface area contributed by atoms with Gasteiger partial charge in [-0.2, -0.15) is 0 Å². The lowest BCUT2D eigenvalue weighted by Crippen LogP contribution is -2.28. The molecule has 1 unspecified atom stereocenters. The van der Waals surface area contributed by atoms with Gasteiger partial charge in [-0.1, -0.05) is 32.0 Å². The predicted molar refractivity (Wildman–Crippen MR) is 71.9 cm³/mol. The van der Waals surface area contributed by atoms with Crippen molar-refractivity contribution in [1.29, 1.82) is 0 Å². The maximum absolute atomic E-state index is 6.37. The molecule has 0 radical (unpaired) electrons. The normalized spacial score (nSPS) is 26.3. The van der Waals surface area contributed by atoms with Crippen LogP contribution in [0.1, 0.15) is 32.3 Å². The molecule has 1 aromatic carbocycles. The first-order valence-corrected chi connectivity index (χ1v) is 6.36. The number of fused-ring (bicyclic) bond motifs is 1. The molecule has 1 saturated carbocycles. The van der Waals surface area contributed by atoms with Crippen molar-refractivity contribution in [3.05, 3.63) is 36.0 Å². The van der Waals surface area contributed by atoms with Gasteiger partial charge in [0.15, 0.2) is 0 Å². The Balaban J connectivity index is 1.78. The minimum absolute atomic E-state index is 0.0609. The van der Waals surface area contributed by atoms with E-state index in [2.05, 4.69) is 49.3 Å². The van der Waals surface area contributed by atoms with Gasteiger partial charge in [-0.15, -0.1) is 0 Å². The number of benzene rings is 1. The van der Waals surface area contributed by atoms with E-state index < -0.39 is 0 Å². The smallest absolute Gasteiger partial charge is 0.0456 e. The maximum Gasteiger partial charge on any atom is 0.0456 e. The van der Waals surface area contributed by atoms with Crippen LogP contribution >= 0.6 is 0 Å².